The molecule has 0 saturated carbocycles. The fraction of sp³-hybridized carbons (Fsp3) is 0.348. The summed E-state index contributed by atoms with van der Waals surface area (Å²) >= 11 is 0. The summed E-state index contributed by atoms with van der Waals surface area (Å²) in [6.07, 6.45) is 6.10. The second-order valence-electron chi connectivity index (χ2n) is 8.54. The number of hydrogen-bond acceptors (Lipinski definition) is 6. The van der Waals surface area contributed by atoms with Gasteiger partial charge in [-0.3, -0.25) is 4.79 Å². The van der Waals surface area contributed by atoms with Gasteiger partial charge in [-0.05, 0) is 25.5 Å². The molecule has 9 nitrogen and oxygen atoms in total. The van der Waals surface area contributed by atoms with Crippen LogP contribution in [-0.4, -0.2) is 61.7 Å². The molecule has 1 aromatic carbocycles. The van der Waals surface area contributed by atoms with Crippen LogP contribution in [0, 0.1) is 6.92 Å². The molecule has 0 spiro atoms. The number of amides is 1. The average Bonchev–Trinajstić information content (AvgIpc) is 3.21. The fourth-order valence-electron chi connectivity index (χ4n) is 4.53. The lowest BCUT2D eigenvalue weighted by Crippen LogP contribution is -2.35. The summed E-state index contributed by atoms with van der Waals surface area (Å²) in [4.78, 5) is 27.8. The highest BCUT2D eigenvalue weighted by Gasteiger charge is 2.28. The molecule has 33 heavy (non-hydrogen) atoms. The number of carbonyl (C=O) groups excluding carboxylic acids is 1. The summed E-state index contributed by atoms with van der Waals surface area (Å²) in [7, 11) is -3.28. The van der Waals surface area contributed by atoms with Crippen molar-refractivity contribution in [2.24, 2.45) is 0 Å². The van der Waals surface area contributed by atoms with Gasteiger partial charge >= 0.3 is 0 Å². The molecule has 0 radical (unpaired) electrons. The van der Waals surface area contributed by atoms with Crippen LogP contribution in [0.5, 0.6) is 0 Å². The Kier molecular flexibility index (Phi) is 5.41. The van der Waals surface area contributed by atoms with Crippen LogP contribution in [0.4, 0.5) is 5.82 Å². The molecule has 0 aliphatic carbocycles. The molecule has 4 bridgehead atoms. The van der Waals surface area contributed by atoms with Crippen molar-refractivity contribution >= 4 is 32.8 Å². The number of anilines is 1. The molecular weight excluding hydrogens is 440 g/mol. The van der Waals surface area contributed by atoms with Gasteiger partial charge in [0.05, 0.1) is 23.0 Å². The number of nitrogens with one attached hydrogen (secondary N) is 3. The predicted molar refractivity (Wildman–Crippen MR) is 128 cm³/mol. The summed E-state index contributed by atoms with van der Waals surface area (Å²) in [6.45, 7) is 3.78. The number of carbonyl (C=O) groups is 1. The van der Waals surface area contributed by atoms with Gasteiger partial charge in [0, 0.05) is 49.0 Å². The summed E-state index contributed by atoms with van der Waals surface area (Å²) in [5, 5.41) is 2.99. The lowest BCUT2D eigenvalue weighted by molar-refractivity contribution is 0.0940. The highest BCUT2D eigenvalue weighted by atomic mass is 32.2. The third-order valence-electron chi connectivity index (χ3n) is 6.10. The Labute approximate surface area is 192 Å². The normalized spacial score (nSPS) is 19.0. The van der Waals surface area contributed by atoms with Gasteiger partial charge < -0.3 is 15.2 Å². The molecule has 10 heteroatoms. The summed E-state index contributed by atoms with van der Waals surface area (Å²) in [6, 6.07) is 7.74. The van der Waals surface area contributed by atoms with Gasteiger partial charge in [0.2, 0.25) is 10.0 Å². The van der Waals surface area contributed by atoms with Gasteiger partial charge in [-0.25, -0.2) is 23.1 Å². The second kappa shape index (κ2) is 8.27. The van der Waals surface area contributed by atoms with Crippen molar-refractivity contribution in [1.82, 2.24) is 25.0 Å². The Hall–Kier alpha value is -3.24. The molecule has 2 aromatic heterocycles. The molecule has 1 atom stereocenters. The Morgan fingerprint density at radius 3 is 2.88 bits per heavy atom. The quantitative estimate of drug-likeness (QED) is 0.507. The van der Waals surface area contributed by atoms with Crippen LogP contribution < -0.4 is 14.9 Å². The first-order valence-corrected chi connectivity index (χ1v) is 12.8. The second-order valence-corrected chi connectivity index (χ2v) is 10.4. The Morgan fingerprint density at radius 1 is 1.21 bits per heavy atom. The smallest absolute Gasteiger partial charge is 0.253 e. The fourth-order valence-corrected chi connectivity index (χ4v) is 4.99. The van der Waals surface area contributed by atoms with E-state index in [2.05, 4.69) is 27.2 Å². The molecule has 4 heterocycles. The number of fused-ring (bicyclic) bond motifs is 3. The molecule has 0 fully saturated rings. The Balaban J connectivity index is 1.65. The SMILES string of the molecule is Cc1nc2cccc3c2nc1N(CCNS(C)(=O)=O)C/C=C\CC1CNC(=O)c2cc-3[nH]c21. The van der Waals surface area contributed by atoms with Gasteiger partial charge in [-0.2, -0.15) is 0 Å². The van der Waals surface area contributed by atoms with E-state index in [1.54, 1.807) is 0 Å². The summed E-state index contributed by atoms with van der Waals surface area (Å²) in [5.74, 6) is 0.800. The number of H-pyrrole nitrogens is 1. The summed E-state index contributed by atoms with van der Waals surface area (Å²) in [5.41, 5.74) is 5.61. The van der Waals surface area contributed by atoms with E-state index in [4.69, 9.17) is 9.97 Å². The molecular formula is C23H26N6O3S. The lowest BCUT2D eigenvalue weighted by atomic mass is 9.94. The molecule has 0 saturated heterocycles. The van der Waals surface area contributed by atoms with Crippen LogP contribution >= 0.6 is 0 Å². The Morgan fingerprint density at radius 2 is 2.06 bits per heavy atom. The van der Waals surface area contributed by atoms with Crippen molar-refractivity contribution in [3.63, 3.8) is 0 Å². The van der Waals surface area contributed by atoms with Gasteiger partial charge in [-0.15, -0.1) is 0 Å². The highest BCUT2D eigenvalue weighted by molar-refractivity contribution is 7.88. The lowest BCUT2D eigenvalue weighted by Gasteiger charge is -2.24. The number of hydrogen-bond donors (Lipinski definition) is 3. The van der Waals surface area contributed by atoms with Crippen LogP contribution in [0.1, 0.15) is 34.1 Å². The minimum Gasteiger partial charge on any atom is -0.357 e. The van der Waals surface area contributed by atoms with E-state index in [0.717, 1.165) is 46.4 Å². The van der Waals surface area contributed by atoms with E-state index in [9.17, 15) is 13.2 Å². The number of aryl methyl sites for hydroxylation is 1. The molecule has 1 unspecified atom stereocenters. The zero-order valence-corrected chi connectivity index (χ0v) is 19.4. The maximum Gasteiger partial charge on any atom is 0.253 e. The number of benzene rings is 1. The number of aromatic amines is 1. The molecule has 3 aromatic rings. The molecule has 3 N–H and O–H groups in total. The number of nitrogens with zero attached hydrogens (tertiary/aromatic N) is 3. The van der Waals surface area contributed by atoms with Crippen molar-refractivity contribution in [2.45, 2.75) is 19.3 Å². The zero-order valence-electron chi connectivity index (χ0n) is 18.6. The highest BCUT2D eigenvalue weighted by Crippen LogP contribution is 2.34. The minimum atomic E-state index is -3.28. The van der Waals surface area contributed by atoms with Crippen molar-refractivity contribution in [3.05, 3.63) is 53.4 Å². The van der Waals surface area contributed by atoms with Crippen LogP contribution in [0.3, 0.4) is 0 Å². The van der Waals surface area contributed by atoms with E-state index >= 15 is 0 Å². The molecule has 2 aliphatic heterocycles. The largest absolute Gasteiger partial charge is 0.357 e. The first kappa shape index (κ1) is 21.6. The molecule has 1 amide bonds. The molecule has 2 aliphatic rings. The van der Waals surface area contributed by atoms with Crippen molar-refractivity contribution < 1.29 is 13.2 Å². The average molecular weight is 467 g/mol. The number of aromatic nitrogens is 3. The van der Waals surface area contributed by atoms with Crippen LogP contribution in [0.15, 0.2) is 36.4 Å². The van der Waals surface area contributed by atoms with Crippen molar-refractivity contribution in [2.75, 3.05) is 37.3 Å². The maximum atomic E-state index is 12.5. The van der Waals surface area contributed by atoms with Crippen LogP contribution in [0.2, 0.25) is 0 Å². The van der Waals surface area contributed by atoms with E-state index in [-0.39, 0.29) is 18.4 Å². The van der Waals surface area contributed by atoms with Crippen LogP contribution in [-0.2, 0) is 10.0 Å². The molecule has 5 rings (SSSR count). The van der Waals surface area contributed by atoms with E-state index in [1.165, 1.54) is 0 Å². The third kappa shape index (κ3) is 4.23. The predicted octanol–water partition coefficient (Wildman–Crippen LogP) is 2.08. The number of allylic oxidation sites excluding steroid dienone is 1. The van der Waals surface area contributed by atoms with E-state index < -0.39 is 10.0 Å². The van der Waals surface area contributed by atoms with Crippen molar-refractivity contribution in [3.8, 4) is 11.3 Å². The Bertz CT molecular complexity index is 1380. The van der Waals surface area contributed by atoms with Gasteiger partial charge in [-0.1, -0.05) is 24.3 Å². The first-order valence-electron chi connectivity index (χ1n) is 10.9. The minimum absolute atomic E-state index is 0.0628. The van der Waals surface area contributed by atoms with Gasteiger partial charge in [0.25, 0.3) is 5.91 Å². The number of para-hydroxylation sites is 1. The van der Waals surface area contributed by atoms with Gasteiger partial charge in [0.1, 0.15) is 5.52 Å². The van der Waals surface area contributed by atoms with Gasteiger partial charge in [0.15, 0.2) is 5.82 Å². The summed E-state index contributed by atoms with van der Waals surface area (Å²) < 4.78 is 25.7. The maximum absolute atomic E-state index is 12.5. The topological polar surface area (TPSA) is 120 Å². The standard InChI is InChI=1S/C23H26N6O3S/c1-14-22-28-21-16(7-5-8-18(21)26-14)19-12-17-20(27-19)15(13-24-23(17)30)6-3-4-10-29(22)11-9-25-33(2,31)32/h3-5,7-8,12,15,25,27H,6,9-11,13H2,1-2H3,(H,24,30)/b4-3-. The number of sulfonamides is 1. The monoisotopic (exact) mass is 466 g/mol. The van der Waals surface area contributed by atoms with E-state index in [1.807, 2.05) is 36.1 Å². The van der Waals surface area contributed by atoms with Crippen LogP contribution in [0.25, 0.3) is 22.3 Å². The zero-order chi connectivity index (χ0) is 23.2. The van der Waals surface area contributed by atoms with E-state index in [0.29, 0.717) is 31.0 Å². The first-order chi connectivity index (χ1) is 15.8. The van der Waals surface area contributed by atoms with Crippen molar-refractivity contribution in [1.29, 1.82) is 0 Å². The third-order valence-corrected chi connectivity index (χ3v) is 6.83. The molecule has 172 valence electrons. The number of rotatable bonds is 4.